The zero-order chi connectivity index (χ0) is 20.5. The lowest BCUT2D eigenvalue weighted by molar-refractivity contribution is -0.384. The van der Waals surface area contributed by atoms with Crippen LogP contribution in [0.25, 0.3) is 20.7 Å². The lowest BCUT2D eigenvalue weighted by Crippen LogP contribution is -2.21. The molecular formula is C21H17N3O4S. The van der Waals surface area contributed by atoms with Crippen LogP contribution in [0.2, 0.25) is 0 Å². The Hall–Kier alpha value is -3.52. The number of aromatic nitrogens is 2. The summed E-state index contributed by atoms with van der Waals surface area (Å²) in [6.07, 6.45) is 1.48. The van der Waals surface area contributed by atoms with E-state index in [-0.39, 0.29) is 17.8 Å². The molecule has 29 heavy (non-hydrogen) atoms. The summed E-state index contributed by atoms with van der Waals surface area (Å²) >= 11 is 1.48. The fraction of sp³-hybridized carbons (Fsp3) is 0.143. The molecule has 0 saturated carbocycles. The number of nitro benzene ring substituents is 1. The Balaban J connectivity index is 1.82. The Bertz CT molecular complexity index is 1280. The molecule has 0 bridgehead atoms. The number of aryl methyl sites for hydroxylation is 1. The van der Waals surface area contributed by atoms with Crippen LogP contribution in [0, 0.1) is 17.0 Å². The number of ether oxygens (including phenoxy) is 1. The van der Waals surface area contributed by atoms with Crippen molar-refractivity contribution in [2.45, 2.75) is 13.5 Å². The molecule has 0 unspecified atom stereocenters. The zero-order valence-electron chi connectivity index (χ0n) is 15.8. The highest BCUT2D eigenvalue weighted by Gasteiger charge is 2.17. The van der Waals surface area contributed by atoms with E-state index in [1.807, 2.05) is 37.3 Å². The molecule has 0 aliphatic heterocycles. The van der Waals surface area contributed by atoms with Crippen molar-refractivity contribution in [2.75, 3.05) is 7.11 Å². The van der Waals surface area contributed by atoms with E-state index >= 15 is 0 Å². The molecule has 2 aromatic carbocycles. The molecule has 0 amide bonds. The van der Waals surface area contributed by atoms with E-state index in [1.165, 1.54) is 47.5 Å². The van der Waals surface area contributed by atoms with Gasteiger partial charge in [0, 0.05) is 22.6 Å². The van der Waals surface area contributed by atoms with Gasteiger partial charge in [-0.05, 0) is 24.1 Å². The molecule has 146 valence electrons. The molecule has 2 aromatic heterocycles. The highest BCUT2D eigenvalue weighted by Crippen LogP contribution is 2.35. The number of nitrogens with zero attached hydrogens (tertiary/aromatic N) is 3. The van der Waals surface area contributed by atoms with Gasteiger partial charge in [0.15, 0.2) is 0 Å². The van der Waals surface area contributed by atoms with Gasteiger partial charge in [-0.3, -0.25) is 19.5 Å². The summed E-state index contributed by atoms with van der Waals surface area (Å²) in [4.78, 5) is 30.0. The second-order valence-corrected chi connectivity index (χ2v) is 7.53. The van der Waals surface area contributed by atoms with Gasteiger partial charge in [-0.1, -0.05) is 30.3 Å². The lowest BCUT2D eigenvalue weighted by atomic mass is 10.1. The average molecular weight is 407 g/mol. The van der Waals surface area contributed by atoms with Crippen LogP contribution in [0.5, 0.6) is 5.75 Å². The molecule has 0 spiro atoms. The average Bonchev–Trinajstić information content (AvgIpc) is 3.07. The maximum atomic E-state index is 13.2. The van der Waals surface area contributed by atoms with Gasteiger partial charge in [-0.25, -0.2) is 4.98 Å². The molecule has 7 nitrogen and oxygen atoms in total. The van der Waals surface area contributed by atoms with Crippen LogP contribution in [0.1, 0.15) is 11.1 Å². The van der Waals surface area contributed by atoms with Gasteiger partial charge in [0.1, 0.15) is 10.6 Å². The molecule has 0 saturated heterocycles. The van der Waals surface area contributed by atoms with Crippen LogP contribution in [0.15, 0.2) is 59.7 Å². The molecule has 0 aliphatic carbocycles. The fourth-order valence-corrected chi connectivity index (χ4v) is 4.47. The topological polar surface area (TPSA) is 87.3 Å². The van der Waals surface area contributed by atoms with Gasteiger partial charge < -0.3 is 4.74 Å². The SMILES string of the molecule is COc1ccc([N+](=O)[O-])cc1Cn1cnc2sc(-c3ccccc3)c(C)c2c1=O. The number of hydrogen-bond acceptors (Lipinski definition) is 6. The number of benzene rings is 2. The summed E-state index contributed by atoms with van der Waals surface area (Å²) in [7, 11) is 1.49. The van der Waals surface area contributed by atoms with Crippen molar-refractivity contribution in [2.24, 2.45) is 0 Å². The smallest absolute Gasteiger partial charge is 0.270 e. The Labute approximate surface area is 170 Å². The molecule has 8 heteroatoms. The van der Waals surface area contributed by atoms with Crippen molar-refractivity contribution < 1.29 is 9.66 Å². The monoisotopic (exact) mass is 407 g/mol. The first-order valence-corrected chi connectivity index (χ1v) is 9.66. The summed E-state index contributed by atoms with van der Waals surface area (Å²) in [6.45, 7) is 2.05. The number of rotatable bonds is 5. The first-order chi connectivity index (χ1) is 14.0. The molecule has 2 heterocycles. The molecule has 0 N–H and O–H groups in total. The number of hydrogen-bond donors (Lipinski definition) is 0. The van der Waals surface area contributed by atoms with E-state index in [9.17, 15) is 14.9 Å². The number of non-ortho nitro benzene ring substituents is 1. The third-order valence-corrected chi connectivity index (χ3v) is 6.02. The summed E-state index contributed by atoms with van der Waals surface area (Å²) in [5.41, 5.74) is 2.23. The van der Waals surface area contributed by atoms with Gasteiger partial charge in [-0.15, -0.1) is 11.3 Å². The number of nitro groups is 1. The molecule has 0 aliphatic rings. The number of methoxy groups -OCH3 is 1. The van der Waals surface area contributed by atoms with Crippen molar-refractivity contribution in [1.29, 1.82) is 0 Å². The van der Waals surface area contributed by atoms with Crippen LogP contribution in [0.3, 0.4) is 0 Å². The summed E-state index contributed by atoms with van der Waals surface area (Å²) in [5, 5.41) is 11.7. The first kappa shape index (κ1) is 18.8. The molecule has 4 aromatic rings. The van der Waals surface area contributed by atoms with Crippen molar-refractivity contribution in [3.63, 3.8) is 0 Å². The standard InChI is InChI=1S/C21H17N3O4S/c1-13-18-20(29-19(13)14-6-4-3-5-7-14)22-12-23(21(18)25)11-15-10-16(24(26)27)8-9-17(15)28-2/h3-10,12H,11H2,1-2H3. The van der Waals surface area contributed by atoms with Crippen molar-refractivity contribution in [1.82, 2.24) is 9.55 Å². The van der Waals surface area contributed by atoms with E-state index in [2.05, 4.69) is 4.98 Å². The largest absolute Gasteiger partial charge is 0.496 e. The van der Waals surface area contributed by atoms with Crippen molar-refractivity contribution in [3.05, 3.63) is 86.5 Å². The minimum atomic E-state index is -0.470. The Morgan fingerprint density at radius 2 is 1.97 bits per heavy atom. The number of fused-ring (bicyclic) bond motifs is 1. The highest BCUT2D eigenvalue weighted by molar-refractivity contribution is 7.22. The molecule has 0 atom stereocenters. The van der Waals surface area contributed by atoms with E-state index in [1.54, 1.807) is 0 Å². The predicted octanol–water partition coefficient (Wildman–Crippen LogP) is 4.40. The summed E-state index contributed by atoms with van der Waals surface area (Å²) in [6, 6.07) is 14.2. The summed E-state index contributed by atoms with van der Waals surface area (Å²) < 4.78 is 6.77. The van der Waals surface area contributed by atoms with E-state index in [0.29, 0.717) is 21.5 Å². The molecule has 0 fully saturated rings. The Morgan fingerprint density at radius 3 is 2.66 bits per heavy atom. The Kier molecular flexibility index (Phi) is 4.85. The van der Waals surface area contributed by atoms with Crippen molar-refractivity contribution in [3.8, 4) is 16.2 Å². The van der Waals surface area contributed by atoms with Crippen LogP contribution >= 0.6 is 11.3 Å². The molecule has 0 radical (unpaired) electrons. The predicted molar refractivity (Wildman–Crippen MR) is 113 cm³/mol. The van der Waals surface area contributed by atoms with E-state index < -0.39 is 4.92 Å². The minimum absolute atomic E-state index is 0.0547. The minimum Gasteiger partial charge on any atom is -0.496 e. The second kappa shape index (κ2) is 7.48. The lowest BCUT2D eigenvalue weighted by Gasteiger charge is -2.10. The van der Waals surface area contributed by atoms with Gasteiger partial charge >= 0.3 is 0 Å². The maximum absolute atomic E-state index is 13.2. The van der Waals surface area contributed by atoms with Gasteiger partial charge in [-0.2, -0.15) is 0 Å². The van der Waals surface area contributed by atoms with Gasteiger partial charge in [0.05, 0.1) is 30.3 Å². The van der Waals surface area contributed by atoms with Crippen LogP contribution in [-0.4, -0.2) is 21.6 Å². The summed E-state index contributed by atoms with van der Waals surface area (Å²) in [5.74, 6) is 0.481. The second-order valence-electron chi connectivity index (χ2n) is 6.53. The fourth-order valence-electron chi connectivity index (χ4n) is 3.32. The highest BCUT2D eigenvalue weighted by atomic mass is 32.1. The van der Waals surface area contributed by atoms with Crippen LogP contribution in [-0.2, 0) is 6.54 Å². The van der Waals surface area contributed by atoms with Gasteiger partial charge in [0.25, 0.3) is 11.2 Å². The van der Waals surface area contributed by atoms with E-state index in [0.717, 1.165) is 16.0 Å². The molecular weight excluding hydrogens is 390 g/mol. The normalized spacial score (nSPS) is 11.0. The van der Waals surface area contributed by atoms with Gasteiger partial charge in [0.2, 0.25) is 0 Å². The van der Waals surface area contributed by atoms with E-state index in [4.69, 9.17) is 4.74 Å². The van der Waals surface area contributed by atoms with Crippen LogP contribution < -0.4 is 10.3 Å². The molecule has 4 rings (SSSR count). The zero-order valence-corrected chi connectivity index (χ0v) is 16.6. The first-order valence-electron chi connectivity index (χ1n) is 8.85. The third-order valence-electron chi connectivity index (χ3n) is 4.77. The third kappa shape index (κ3) is 3.38. The number of thiophene rings is 1. The van der Waals surface area contributed by atoms with Crippen LogP contribution in [0.4, 0.5) is 5.69 Å². The Morgan fingerprint density at radius 1 is 1.21 bits per heavy atom. The quantitative estimate of drug-likeness (QED) is 0.361. The maximum Gasteiger partial charge on any atom is 0.270 e. The van der Waals surface area contributed by atoms with Crippen molar-refractivity contribution >= 4 is 27.2 Å².